The van der Waals surface area contributed by atoms with E-state index in [1.54, 1.807) is 18.3 Å². The van der Waals surface area contributed by atoms with Crippen LogP contribution in [-0.4, -0.2) is 24.0 Å². The summed E-state index contributed by atoms with van der Waals surface area (Å²) in [5.74, 6) is 1.92. The lowest BCUT2D eigenvalue weighted by atomic mass is 9.94. The molecule has 0 radical (unpaired) electrons. The van der Waals surface area contributed by atoms with Crippen LogP contribution in [0.5, 0.6) is 0 Å². The van der Waals surface area contributed by atoms with Crippen molar-refractivity contribution in [1.29, 1.82) is 0 Å². The average Bonchev–Trinajstić information content (AvgIpc) is 3.02. The van der Waals surface area contributed by atoms with Crippen LogP contribution in [0, 0.1) is 5.82 Å². The van der Waals surface area contributed by atoms with Gasteiger partial charge in [-0.25, -0.2) is 14.4 Å². The van der Waals surface area contributed by atoms with Crippen molar-refractivity contribution in [2.24, 2.45) is 4.99 Å². The normalized spacial score (nSPS) is 12.3. The molecule has 6 heteroatoms. The number of nitrogens with one attached hydrogen (secondary N) is 2. The third-order valence-electron chi connectivity index (χ3n) is 3.60. The molecule has 0 bridgehead atoms. The highest BCUT2D eigenvalue weighted by molar-refractivity contribution is 5.79. The van der Waals surface area contributed by atoms with Crippen molar-refractivity contribution in [2.75, 3.05) is 13.1 Å². The van der Waals surface area contributed by atoms with E-state index in [4.69, 9.17) is 4.42 Å². The third kappa shape index (κ3) is 6.21. The fraction of sp³-hybridized carbons (Fsp3) is 0.474. The summed E-state index contributed by atoms with van der Waals surface area (Å²) in [6, 6.07) is 6.63. The van der Waals surface area contributed by atoms with E-state index < -0.39 is 0 Å². The standard InChI is InChI=1S/C19H27FN4O/c1-5-21-18(22-10-9-14-7-6-8-15(20)11-14)24-13-17-23-12-16(25-17)19(2,3)4/h6-8,11-12H,5,9-10,13H2,1-4H3,(H2,21,22,24). The Kier molecular flexibility index (Phi) is 6.56. The third-order valence-corrected chi connectivity index (χ3v) is 3.60. The van der Waals surface area contributed by atoms with Crippen LogP contribution in [0.25, 0.3) is 0 Å². The molecule has 0 aliphatic rings. The molecule has 0 saturated heterocycles. The summed E-state index contributed by atoms with van der Waals surface area (Å²) in [4.78, 5) is 8.77. The summed E-state index contributed by atoms with van der Waals surface area (Å²) in [5.41, 5.74) is 0.883. The number of nitrogens with zero attached hydrogens (tertiary/aromatic N) is 2. The Morgan fingerprint density at radius 1 is 1.28 bits per heavy atom. The van der Waals surface area contributed by atoms with Gasteiger partial charge >= 0.3 is 0 Å². The number of aromatic nitrogens is 1. The first kappa shape index (κ1) is 19.0. The molecule has 2 rings (SSSR count). The second kappa shape index (κ2) is 8.65. The maximum Gasteiger partial charge on any atom is 0.216 e. The van der Waals surface area contributed by atoms with Crippen molar-refractivity contribution in [3.8, 4) is 0 Å². The largest absolute Gasteiger partial charge is 0.443 e. The van der Waals surface area contributed by atoms with Crippen molar-refractivity contribution in [1.82, 2.24) is 15.6 Å². The summed E-state index contributed by atoms with van der Waals surface area (Å²) in [7, 11) is 0. The number of oxazole rings is 1. The van der Waals surface area contributed by atoms with Gasteiger partial charge in [-0.1, -0.05) is 32.9 Å². The number of hydrogen-bond donors (Lipinski definition) is 2. The van der Waals surface area contributed by atoms with E-state index in [-0.39, 0.29) is 11.2 Å². The lowest BCUT2D eigenvalue weighted by Gasteiger charge is -2.13. The Labute approximate surface area is 148 Å². The smallest absolute Gasteiger partial charge is 0.216 e. The number of guanidine groups is 1. The molecule has 1 aromatic heterocycles. The molecule has 0 atom stereocenters. The van der Waals surface area contributed by atoms with Crippen LogP contribution in [0.3, 0.4) is 0 Å². The van der Waals surface area contributed by atoms with Crippen molar-refractivity contribution in [2.45, 2.75) is 46.1 Å². The maximum atomic E-state index is 13.2. The highest BCUT2D eigenvalue weighted by atomic mass is 19.1. The first-order valence-corrected chi connectivity index (χ1v) is 8.60. The summed E-state index contributed by atoms with van der Waals surface area (Å²) >= 11 is 0. The number of benzene rings is 1. The minimum atomic E-state index is -0.211. The molecule has 0 aliphatic heterocycles. The van der Waals surface area contributed by atoms with Crippen LogP contribution in [0.2, 0.25) is 0 Å². The molecule has 0 aliphatic carbocycles. The monoisotopic (exact) mass is 346 g/mol. The molecule has 2 N–H and O–H groups in total. The second-order valence-corrected chi connectivity index (χ2v) is 6.87. The molecular formula is C19H27FN4O. The van der Waals surface area contributed by atoms with Gasteiger partial charge in [0.05, 0.1) is 6.20 Å². The van der Waals surface area contributed by atoms with E-state index in [2.05, 4.69) is 41.4 Å². The van der Waals surface area contributed by atoms with E-state index in [9.17, 15) is 4.39 Å². The van der Waals surface area contributed by atoms with Gasteiger partial charge in [0.1, 0.15) is 18.1 Å². The highest BCUT2D eigenvalue weighted by Gasteiger charge is 2.18. The van der Waals surface area contributed by atoms with Gasteiger partial charge in [-0.3, -0.25) is 0 Å². The van der Waals surface area contributed by atoms with Crippen molar-refractivity contribution < 1.29 is 8.81 Å². The van der Waals surface area contributed by atoms with Crippen molar-refractivity contribution >= 4 is 5.96 Å². The average molecular weight is 346 g/mol. The van der Waals surface area contributed by atoms with Gasteiger partial charge in [-0.2, -0.15) is 0 Å². The Morgan fingerprint density at radius 3 is 2.72 bits per heavy atom. The number of halogens is 1. The van der Waals surface area contributed by atoms with Crippen molar-refractivity contribution in [3.05, 3.63) is 53.5 Å². The fourth-order valence-corrected chi connectivity index (χ4v) is 2.24. The van der Waals surface area contributed by atoms with Gasteiger partial charge in [0, 0.05) is 18.5 Å². The van der Waals surface area contributed by atoms with Crippen LogP contribution in [0.4, 0.5) is 4.39 Å². The lowest BCUT2D eigenvalue weighted by Crippen LogP contribution is -2.38. The van der Waals surface area contributed by atoms with E-state index in [1.165, 1.54) is 6.07 Å². The molecule has 0 amide bonds. The van der Waals surface area contributed by atoms with Gasteiger partial charge in [0.2, 0.25) is 5.89 Å². The fourth-order valence-electron chi connectivity index (χ4n) is 2.24. The van der Waals surface area contributed by atoms with Crippen LogP contribution in [0.15, 0.2) is 39.9 Å². The molecule has 1 aromatic carbocycles. The Hall–Kier alpha value is -2.37. The minimum absolute atomic E-state index is 0.0668. The molecule has 0 unspecified atom stereocenters. The molecule has 2 aromatic rings. The molecule has 0 fully saturated rings. The van der Waals surface area contributed by atoms with Crippen LogP contribution in [0.1, 0.15) is 44.9 Å². The molecule has 5 nitrogen and oxygen atoms in total. The van der Waals surface area contributed by atoms with Crippen LogP contribution >= 0.6 is 0 Å². The minimum Gasteiger partial charge on any atom is -0.443 e. The second-order valence-electron chi connectivity index (χ2n) is 6.87. The predicted molar refractivity (Wildman–Crippen MR) is 98.1 cm³/mol. The van der Waals surface area contributed by atoms with Crippen LogP contribution in [-0.2, 0) is 18.4 Å². The van der Waals surface area contributed by atoms with Gasteiger partial charge in [-0.05, 0) is 31.0 Å². The van der Waals surface area contributed by atoms with Gasteiger partial charge in [0.25, 0.3) is 0 Å². The molecule has 0 saturated carbocycles. The zero-order chi connectivity index (χ0) is 18.3. The first-order chi connectivity index (χ1) is 11.9. The van der Waals surface area contributed by atoms with Gasteiger partial charge in [-0.15, -0.1) is 0 Å². The molecular weight excluding hydrogens is 319 g/mol. The van der Waals surface area contributed by atoms with Crippen LogP contribution < -0.4 is 10.6 Å². The SMILES string of the molecule is CCNC(=NCc1ncc(C(C)(C)C)o1)NCCc1cccc(F)c1. The van der Waals surface area contributed by atoms with E-state index in [0.29, 0.717) is 24.9 Å². The molecule has 25 heavy (non-hydrogen) atoms. The molecule has 136 valence electrons. The summed E-state index contributed by atoms with van der Waals surface area (Å²) in [5, 5.41) is 6.43. The quantitative estimate of drug-likeness (QED) is 0.621. The number of rotatable bonds is 6. The van der Waals surface area contributed by atoms with Gasteiger partial charge < -0.3 is 15.1 Å². The number of hydrogen-bond acceptors (Lipinski definition) is 3. The summed E-state index contributed by atoms with van der Waals surface area (Å²) in [6.45, 7) is 10.0. The molecule has 1 heterocycles. The van der Waals surface area contributed by atoms with E-state index >= 15 is 0 Å². The first-order valence-electron chi connectivity index (χ1n) is 8.60. The topological polar surface area (TPSA) is 62.5 Å². The zero-order valence-corrected chi connectivity index (χ0v) is 15.4. The lowest BCUT2D eigenvalue weighted by molar-refractivity contribution is 0.383. The van der Waals surface area contributed by atoms with Gasteiger partial charge in [0.15, 0.2) is 5.96 Å². The van der Waals surface area contributed by atoms with Crippen molar-refractivity contribution in [3.63, 3.8) is 0 Å². The highest BCUT2D eigenvalue weighted by Crippen LogP contribution is 2.22. The summed E-state index contributed by atoms with van der Waals surface area (Å²) < 4.78 is 18.9. The molecule has 0 spiro atoms. The number of aliphatic imine (C=N–C) groups is 1. The maximum absolute atomic E-state index is 13.2. The van der Waals surface area contributed by atoms with E-state index in [1.807, 2.05) is 13.0 Å². The zero-order valence-electron chi connectivity index (χ0n) is 15.4. The Balaban J connectivity index is 1.90. The Morgan fingerprint density at radius 2 is 2.08 bits per heavy atom. The predicted octanol–water partition coefficient (Wildman–Crippen LogP) is 3.41. The van der Waals surface area contributed by atoms with E-state index in [0.717, 1.165) is 24.3 Å². The summed E-state index contributed by atoms with van der Waals surface area (Å²) in [6.07, 6.45) is 2.48. The Bertz CT molecular complexity index is 703.